The molecule has 4 heterocycles. The summed E-state index contributed by atoms with van der Waals surface area (Å²) in [7, 11) is 0. The van der Waals surface area contributed by atoms with E-state index in [1.165, 1.54) is 17.3 Å². The average molecular weight is 510 g/mol. The number of carboxylic acids is 1. The van der Waals surface area contributed by atoms with Crippen molar-refractivity contribution in [3.8, 4) is 0 Å². The number of carboxylic acid groups (broad SMARTS) is 1. The number of hydrogen-bond donors (Lipinski definition) is 4. The number of nitrogens with zero attached hydrogens (tertiary/aromatic N) is 4. The minimum Gasteiger partial charge on any atom is -0.478 e. The van der Waals surface area contributed by atoms with Crippen molar-refractivity contribution in [2.75, 3.05) is 18.0 Å². The molecule has 0 amide bonds. The van der Waals surface area contributed by atoms with Gasteiger partial charge in [-0.25, -0.2) is 4.79 Å². The maximum atomic E-state index is 13.4. The third-order valence-corrected chi connectivity index (χ3v) is 8.57. The van der Waals surface area contributed by atoms with Crippen molar-refractivity contribution in [2.45, 2.75) is 38.1 Å². The number of benzene rings is 1. The Morgan fingerprint density at radius 2 is 2.03 bits per heavy atom. The van der Waals surface area contributed by atoms with Crippen LogP contribution in [0, 0.1) is 5.41 Å². The molecule has 2 aliphatic carbocycles. The quantitative estimate of drug-likeness (QED) is 0.329. The van der Waals surface area contributed by atoms with Crippen molar-refractivity contribution < 1.29 is 9.90 Å². The van der Waals surface area contributed by atoms with Gasteiger partial charge in [-0.05, 0) is 54.7 Å². The average Bonchev–Trinajstić information content (AvgIpc) is 3.48. The van der Waals surface area contributed by atoms with E-state index >= 15 is 0 Å². The van der Waals surface area contributed by atoms with Crippen LogP contribution in [0.4, 0.5) is 5.95 Å². The molecule has 10 nitrogen and oxygen atoms in total. The first-order valence-electron chi connectivity index (χ1n) is 12.9. The molecule has 3 aromatic heterocycles. The lowest BCUT2D eigenvalue weighted by molar-refractivity contribution is 0.0696. The number of pyridine rings is 1. The number of rotatable bonds is 3. The molecule has 0 saturated carbocycles. The van der Waals surface area contributed by atoms with Gasteiger partial charge in [0.15, 0.2) is 5.65 Å². The summed E-state index contributed by atoms with van der Waals surface area (Å²) in [6.07, 6.45) is 7.61. The molecule has 3 aliphatic rings. The first-order chi connectivity index (χ1) is 18.4. The van der Waals surface area contributed by atoms with Gasteiger partial charge in [0.1, 0.15) is 5.39 Å². The second kappa shape index (κ2) is 8.35. The van der Waals surface area contributed by atoms with Crippen molar-refractivity contribution in [3.05, 3.63) is 86.6 Å². The Morgan fingerprint density at radius 3 is 2.82 bits per heavy atom. The molecule has 1 aliphatic heterocycles. The molecular weight excluding hydrogens is 482 g/mol. The highest BCUT2D eigenvalue weighted by Gasteiger charge is 2.46. The smallest absolute Gasteiger partial charge is 0.337 e. The number of fused-ring (bicyclic) bond motifs is 3. The highest BCUT2D eigenvalue weighted by molar-refractivity contribution is 5.96. The van der Waals surface area contributed by atoms with Crippen LogP contribution >= 0.6 is 0 Å². The largest absolute Gasteiger partial charge is 0.478 e. The van der Waals surface area contributed by atoms with Crippen molar-refractivity contribution in [1.29, 1.82) is 0 Å². The fraction of sp³-hybridized carbons (Fsp3) is 0.321. The van der Waals surface area contributed by atoms with Crippen LogP contribution in [0.5, 0.6) is 0 Å². The molecule has 0 radical (unpaired) electrons. The van der Waals surface area contributed by atoms with Crippen LogP contribution in [-0.2, 0) is 12.8 Å². The van der Waals surface area contributed by atoms with Gasteiger partial charge in [0.05, 0.1) is 11.3 Å². The number of anilines is 1. The van der Waals surface area contributed by atoms with E-state index in [0.717, 1.165) is 50.0 Å². The number of aryl methyl sites for hydroxylation is 1. The van der Waals surface area contributed by atoms with Crippen LogP contribution in [0.3, 0.4) is 0 Å². The highest BCUT2D eigenvalue weighted by Crippen LogP contribution is 2.50. The van der Waals surface area contributed by atoms with Gasteiger partial charge >= 0.3 is 5.97 Å². The van der Waals surface area contributed by atoms with Crippen molar-refractivity contribution >= 4 is 28.5 Å². The first-order valence-corrected chi connectivity index (χ1v) is 12.9. The number of piperidine rings is 1. The molecule has 0 bridgehead atoms. The number of aromatic nitrogens is 5. The summed E-state index contributed by atoms with van der Waals surface area (Å²) in [5, 5.41) is 17.2. The molecule has 1 spiro atoms. The summed E-state index contributed by atoms with van der Waals surface area (Å²) in [6, 6.07) is 10.1. The van der Waals surface area contributed by atoms with Crippen LogP contribution in [-0.4, -0.2) is 49.3 Å². The predicted octanol–water partition coefficient (Wildman–Crippen LogP) is 2.96. The fourth-order valence-corrected chi connectivity index (χ4v) is 6.48. The summed E-state index contributed by atoms with van der Waals surface area (Å²) in [6.45, 7) is 1.49. The minimum atomic E-state index is -1.05. The summed E-state index contributed by atoms with van der Waals surface area (Å²) in [5.74, 6) is -0.540. The molecule has 5 N–H and O–H groups in total. The van der Waals surface area contributed by atoms with Crippen LogP contribution in [0.25, 0.3) is 16.6 Å². The summed E-state index contributed by atoms with van der Waals surface area (Å²) in [4.78, 5) is 39.0. The maximum absolute atomic E-state index is 13.4. The van der Waals surface area contributed by atoms with E-state index in [9.17, 15) is 14.7 Å². The third-order valence-electron chi connectivity index (χ3n) is 8.57. The number of H-pyrrole nitrogens is 2. The lowest BCUT2D eigenvalue weighted by atomic mass is 9.73. The molecule has 192 valence electrons. The number of nitrogens with two attached hydrogens (primary N) is 1. The lowest BCUT2D eigenvalue weighted by Crippen LogP contribution is -2.45. The molecule has 1 atom stereocenters. The Balaban J connectivity index is 1.18. The third kappa shape index (κ3) is 3.40. The van der Waals surface area contributed by atoms with Crippen LogP contribution in [0.2, 0.25) is 0 Å². The second-order valence-corrected chi connectivity index (χ2v) is 10.6. The molecule has 7 rings (SSSR count). The van der Waals surface area contributed by atoms with E-state index in [4.69, 9.17) is 10.7 Å². The van der Waals surface area contributed by atoms with E-state index in [2.05, 4.69) is 49.3 Å². The molecule has 4 aromatic rings. The lowest BCUT2D eigenvalue weighted by Gasteiger charge is -2.42. The van der Waals surface area contributed by atoms with Gasteiger partial charge in [-0.15, -0.1) is 0 Å². The monoisotopic (exact) mass is 509 g/mol. The van der Waals surface area contributed by atoms with E-state index in [-0.39, 0.29) is 22.6 Å². The molecule has 1 fully saturated rings. The SMILES string of the molecule is N[C@@H]1c2ccccc2CC12CCN(c1nc3n[nH]c(C4=CCCc5ncc(C(=O)O)cc54)c3c(=O)[nH]1)CC2. The fourth-order valence-electron chi connectivity index (χ4n) is 6.48. The maximum Gasteiger partial charge on any atom is 0.337 e. The number of aromatic carboxylic acids is 1. The van der Waals surface area contributed by atoms with E-state index in [1.54, 1.807) is 6.07 Å². The Hall–Kier alpha value is -4.31. The standard InChI is InChI=1S/C28H27N7O3/c29-23-17-5-2-1-4-15(17)13-28(23)8-10-35(11-9-28)27-31-24-21(25(36)32-27)22(33-34-24)18-6-3-7-20-19(18)12-16(14-30-20)26(37)38/h1-2,4-6,12,14,23H,3,7-11,13,29H2,(H,37,38)(H2,31,32,33,34,36)/t23-/m1/s1. The highest BCUT2D eigenvalue weighted by atomic mass is 16.4. The van der Waals surface area contributed by atoms with Gasteiger partial charge in [-0.3, -0.25) is 19.9 Å². The Kier molecular flexibility index (Phi) is 5.02. The van der Waals surface area contributed by atoms with E-state index in [0.29, 0.717) is 34.7 Å². The van der Waals surface area contributed by atoms with E-state index < -0.39 is 5.97 Å². The molecule has 38 heavy (non-hydrogen) atoms. The molecule has 0 unspecified atom stereocenters. The number of hydrogen-bond acceptors (Lipinski definition) is 7. The van der Waals surface area contributed by atoms with Crippen molar-refractivity contribution in [1.82, 2.24) is 25.1 Å². The van der Waals surface area contributed by atoms with Gasteiger partial charge in [0, 0.05) is 42.2 Å². The van der Waals surface area contributed by atoms with Gasteiger partial charge in [0.2, 0.25) is 5.95 Å². The normalized spacial score (nSPS) is 19.9. The van der Waals surface area contributed by atoms with Gasteiger partial charge in [0.25, 0.3) is 5.56 Å². The predicted molar refractivity (Wildman–Crippen MR) is 142 cm³/mol. The van der Waals surface area contributed by atoms with Crippen LogP contribution in [0.15, 0.2) is 47.4 Å². The van der Waals surface area contributed by atoms with Crippen LogP contribution in [0.1, 0.15) is 63.7 Å². The van der Waals surface area contributed by atoms with Crippen LogP contribution < -0.4 is 16.2 Å². The van der Waals surface area contributed by atoms with Gasteiger partial charge in [-0.2, -0.15) is 10.1 Å². The van der Waals surface area contributed by atoms with Gasteiger partial charge in [-0.1, -0.05) is 30.3 Å². The molecule has 1 saturated heterocycles. The number of carbonyl (C=O) groups is 1. The van der Waals surface area contributed by atoms with E-state index in [1.807, 2.05) is 6.08 Å². The zero-order chi connectivity index (χ0) is 26.0. The number of allylic oxidation sites excluding steroid dienone is 1. The summed E-state index contributed by atoms with van der Waals surface area (Å²) in [5.41, 5.74) is 12.2. The number of nitrogens with one attached hydrogen (secondary N) is 2. The summed E-state index contributed by atoms with van der Waals surface area (Å²) >= 11 is 0. The first kappa shape index (κ1) is 22.9. The number of aromatic amines is 2. The molecular formula is C28H27N7O3. The van der Waals surface area contributed by atoms with Crippen molar-refractivity contribution in [3.63, 3.8) is 0 Å². The van der Waals surface area contributed by atoms with Crippen molar-refractivity contribution in [2.24, 2.45) is 11.1 Å². The zero-order valence-corrected chi connectivity index (χ0v) is 20.7. The minimum absolute atomic E-state index is 0.0204. The molecule has 10 heteroatoms. The topological polar surface area (TPSA) is 154 Å². The summed E-state index contributed by atoms with van der Waals surface area (Å²) < 4.78 is 0. The molecule has 1 aromatic carbocycles. The Bertz CT molecular complexity index is 1690. The Labute approximate surface area is 217 Å². The second-order valence-electron chi connectivity index (χ2n) is 10.6. The Morgan fingerprint density at radius 1 is 1.21 bits per heavy atom. The van der Waals surface area contributed by atoms with Gasteiger partial charge < -0.3 is 15.7 Å². The zero-order valence-electron chi connectivity index (χ0n) is 20.7.